The van der Waals surface area contributed by atoms with Crippen molar-refractivity contribution in [3.05, 3.63) is 75.8 Å². The molecule has 0 aliphatic heterocycles. The number of rotatable bonds is 10. The average molecular weight is 473 g/mol. The van der Waals surface area contributed by atoms with E-state index in [2.05, 4.69) is 16.2 Å². The minimum Gasteiger partial charge on any atom is -0.466 e. The minimum absolute atomic E-state index is 0.0268. The number of hydrazine groups is 1. The summed E-state index contributed by atoms with van der Waals surface area (Å²) in [5.41, 5.74) is 5.15. The van der Waals surface area contributed by atoms with Crippen LogP contribution in [0.5, 0.6) is 0 Å². The smallest absolute Gasteiger partial charge is 0.305 e. The lowest BCUT2D eigenvalue weighted by molar-refractivity contribution is -0.385. The third kappa shape index (κ3) is 9.44. The van der Waals surface area contributed by atoms with E-state index in [0.717, 1.165) is 6.42 Å². The topological polar surface area (TPSA) is 140 Å². The molecule has 0 saturated heterocycles. The molecule has 0 heterocycles. The van der Waals surface area contributed by atoms with Crippen molar-refractivity contribution in [2.45, 2.75) is 32.1 Å². The van der Waals surface area contributed by atoms with Crippen molar-refractivity contribution in [1.82, 2.24) is 16.2 Å². The van der Waals surface area contributed by atoms with E-state index in [1.54, 1.807) is 0 Å². The first-order valence-electron chi connectivity index (χ1n) is 10.2. The van der Waals surface area contributed by atoms with Crippen LogP contribution in [-0.2, 0) is 20.7 Å². The first kappa shape index (κ1) is 25.4. The van der Waals surface area contributed by atoms with Gasteiger partial charge < -0.3 is 10.1 Å². The van der Waals surface area contributed by atoms with Gasteiger partial charge in [-0.2, -0.15) is 0 Å². The normalized spacial score (nSPS) is 10.1. The number of aryl methyl sites for hydroxylation is 1. The average Bonchev–Trinajstić information content (AvgIpc) is 2.81. The Morgan fingerprint density at radius 2 is 1.64 bits per heavy atom. The lowest BCUT2D eigenvalue weighted by Gasteiger charge is -2.11. The lowest BCUT2D eigenvalue weighted by atomic mass is 10.1. The summed E-state index contributed by atoms with van der Waals surface area (Å²) in [6.07, 6.45) is 1.92. The van der Waals surface area contributed by atoms with E-state index in [9.17, 15) is 24.5 Å². The van der Waals surface area contributed by atoms with Crippen molar-refractivity contribution >= 4 is 40.8 Å². The van der Waals surface area contributed by atoms with Crippen LogP contribution in [0.4, 0.5) is 5.69 Å². The summed E-state index contributed by atoms with van der Waals surface area (Å²) in [4.78, 5) is 46.1. The van der Waals surface area contributed by atoms with Gasteiger partial charge in [0.05, 0.1) is 11.5 Å². The second-order valence-electron chi connectivity index (χ2n) is 6.89. The molecule has 174 valence electrons. The highest BCUT2D eigenvalue weighted by Crippen LogP contribution is 2.16. The fraction of sp³-hybridized carbons (Fsp3) is 0.273. The largest absolute Gasteiger partial charge is 0.466 e. The first-order valence-corrected chi connectivity index (χ1v) is 10.6. The minimum atomic E-state index is -0.783. The Morgan fingerprint density at radius 1 is 0.939 bits per heavy atom. The van der Waals surface area contributed by atoms with Crippen molar-refractivity contribution in [3.8, 4) is 0 Å². The maximum atomic E-state index is 12.1. The molecule has 11 heteroatoms. The Morgan fingerprint density at radius 3 is 2.36 bits per heavy atom. The molecule has 0 radical (unpaired) electrons. The number of thiocarbonyl (C=S) groups is 1. The van der Waals surface area contributed by atoms with Crippen molar-refractivity contribution in [3.63, 3.8) is 0 Å². The van der Waals surface area contributed by atoms with Gasteiger partial charge in [-0.25, -0.2) is 0 Å². The fourth-order valence-electron chi connectivity index (χ4n) is 2.80. The van der Waals surface area contributed by atoms with E-state index in [0.29, 0.717) is 13.0 Å². The van der Waals surface area contributed by atoms with Crippen LogP contribution in [-0.4, -0.2) is 34.4 Å². The summed E-state index contributed by atoms with van der Waals surface area (Å²) in [5.74, 6) is -1.62. The van der Waals surface area contributed by atoms with Crippen molar-refractivity contribution < 1.29 is 24.0 Å². The molecule has 2 rings (SSSR count). The molecule has 2 aromatic rings. The van der Waals surface area contributed by atoms with Crippen LogP contribution in [0.2, 0.25) is 0 Å². The van der Waals surface area contributed by atoms with Gasteiger partial charge in [-0.1, -0.05) is 42.5 Å². The first-order chi connectivity index (χ1) is 15.9. The Labute approximate surface area is 195 Å². The Kier molecular flexibility index (Phi) is 10.4. The van der Waals surface area contributed by atoms with Crippen molar-refractivity contribution in [1.29, 1.82) is 0 Å². The molecular weight excluding hydrogens is 448 g/mol. The second-order valence-corrected chi connectivity index (χ2v) is 7.30. The van der Waals surface area contributed by atoms with Crippen LogP contribution in [0, 0.1) is 10.1 Å². The molecule has 0 aliphatic carbocycles. The Balaban J connectivity index is 1.59. The van der Waals surface area contributed by atoms with Crippen molar-refractivity contribution in [2.24, 2.45) is 0 Å². The predicted molar refractivity (Wildman–Crippen MR) is 124 cm³/mol. The number of benzene rings is 2. The molecule has 2 aromatic carbocycles. The van der Waals surface area contributed by atoms with Crippen molar-refractivity contribution in [2.75, 3.05) is 6.61 Å². The molecule has 0 spiro atoms. The number of hydrogen-bond donors (Lipinski definition) is 3. The zero-order valence-electron chi connectivity index (χ0n) is 17.7. The number of nitrogens with zero attached hydrogens (tertiary/aromatic N) is 1. The SMILES string of the molecule is O=C(CCCC(=O)OCCCc1ccccc1)NC(=S)NNC(=O)c1ccccc1[N+](=O)[O-]. The molecule has 0 atom stereocenters. The quantitative estimate of drug-likeness (QED) is 0.158. The summed E-state index contributed by atoms with van der Waals surface area (Å²) in [6, 6.07) is 15.3. The molecule has 3 N–H and O–H groups in total. The number of nitro groups is 1. The third-order valence-electron chi connectivity index (χ3n) is 4.39. The maximum Gasteiger partial charge on any atom is 0.305 e. The molecule has 10 nitrogen and oxygen atoms in total. The molecule has 0 saturated carbocycles. The maximum absolute atomic E-state index is 12.1. The zero-order valence-corrected chi connectivity index (χ0v) is 18.6. The zero-order chi connectivity index (χ0) is 24.1. The standard InChI is InChI=1S/C22H24N4O6S/c27-19(13-6-14-20(28)32-15-7-10-16-8-2-1-3-9-16)23-22(33)25-24-21(29)17-11-4-5-12-18(17)26(30)31/h1-5,8-9,11-12H,6-7,10,13-15H2,(H,24,29)(H2,23,25,27,33). The number of ether oxygens (including phenoxy) is 1. The van der Waals surface area contributed by atoms with E-state index in [4.69, 9.17) is 17.0 Å². The number of carbonyl (C=O) groups is 3. The molecule has 0 unspecified atom stereocenters. The van der Waals surface area contributed by atoms with Crippen LogP contribution in [0.25, 0.3) is 0 Å². The molecule has 0 bridgehead atoms. The highest BCUT2D eigenvalue weighted by Gasteiger charge is 2.19. The molecule has 33 heavy (non-hydrogen) atoms. The summed E-state index contributed by atoms with van der Waals surface area (Å²) in [7, 11) is 0. The van der Waals surface area contributed by atoms with E-state index in [1.807, 2.05) is 30.3 Å². The fourth-order valence-corrected chi connectivity index (χ4v) is 2.96. The number of para-hydroxylation sites is 1. The van der Waals surface area contributed by atoms with Gasteiger partial charge in [0.2, 0.25) is 5.91 Å². The van der Waals surface area contributed by atoms with Gasteiger partial charge in [0.15, 0.2) is 5.11 Å². The molecule has 2 amide bonds. The van der Waals surface area contributed by atoms with E-state index < -0.39 is 16.7 Å². The number of esters is 1. The van der Waals surface area contributed by atoms with Gasteiger partial charge >= 0.3 is 5.97 Å². The van der Waals surface area contributed by atoms with E-state index in [1.165, 1.54) is 29.8 Å². The molecule has 0 fully saturated rings. The second kappa shape index (κ2) is 13.5. The van der Waals surface area contributed by atoms with Gasteiger partial charge in [-0.3, -0.25) is 35.3 Å². The highest BCUT2D eigenvalue weighted by molar-refractivity contribution is 7.80. The van der Waals surface area contributed by atoms with E-state index in [-0.39, 0.29) is 41.6 Å². The number of amides is 2. The highest BCUT2D eigenvalue weighted by atomic mass is 32.1. The van der Waals surface area contributed by atoms with Crippen LogP contribution in [0.1, 0.15) is 41.6 Å². The Bertz CT molecular complexity index is 999. The van der Waals surface area contributed by atoms with Gasteiger partial charge in [-0.05, 0) is 43.1 Å². The van der Waals surface area contributed by atoms with Gasteiger partial charge in [0, 0.05) is 18.9 Å². The molecule has 0 aromatic heterocycles. The van der Waals surface area contributed by atoms with Gasteiger partial charge in [0.1, 0.15) is 5.56 Å². The Hall–Kier alpha value is -3.86. The summed E-state index contributed by atoms with van der Waals surface area (Å²) in [5, 5.41) is 13.1. The van der Waals surface area contributed by atoms with Gasteiger partial charge in [-0.15, -0.1) is 0 Å². The van der Waals surface area contributed by atoms with Crippen LogP contribution >= 0.6 is 12.2 Å². The van der Waals surface area contributed by atoms with Gasteiger partial charge in [0.25, 0.3) is 11.6 Å². The van der Waals surface area contributed by atoms with Crippen LogP contribution in [0.15, 0.2) is 54.6 Å². The predicted octanol–water partition coefficient (Wildman–Crippen LogP) is 2.58. The van der Waals surface area contributed by atoms with E-state index >= 15 is 0 Å². The monoisotopic (exact) mass is 472 g/mol. The summed E-state index contributed by atoms with van der Waals surface area (Å²) in [6.45, 7) is 0.313. The number of carbonyl (C=O) groups excluding carboxylic acids is 3. The van der Waals surface area contributed by atoms with Crippen LogP contribution < -0.4 is 16.2 Å². The summed E-state index contributed by atoms with van der Waals surface area (Å²) >= 11 is 4.91. The molecule has 0 aliphatic rings. The van der Waals surface area contributed by atoms with Crippen LogP contribution in [0.3, 0.4) is 0 Å². The third-order valence-corrected chi connectivity index (χ3v) is 4.59. The lowest BCUT2D eigenvalue weighted by Crippen LogP contribution is -2.48. The molecular formula is C22H24N4O6S. The number of hydrogen-bond acceptors (Lipinski definition) is 7. The number of nitrogens with one attached hydrogen (secondary N) is 3. The summed E-state index contributed by atoms with van der Waals surface area (Å²) < 4.78 is 5.16. The number of nitro benzene ring substituents is 1.